The molecule has 0 radical (unpaired) electrons. The van der Waals surface area contributed by atoms with Crippen LogP contribution in [0, 0.1) is 0 Å². The van der Waals surface area contributed by atoms with E-state index in [1.807, 2.05) is 0 Å². The molecule has 5 heteroatoms. The molecule has 0 amide bonds. The summed E-state index contributed by atoms with van der Waals surface area (Å²) in [4.78, 5) is 0. The number of hydrogen-bond donors (Lipinski definition) is 0. The van der Waals surface area contributed by atoms with E-state index >= 15 is 0 Å². The van der Waals surface area contributed by atoms with Crippen LogP contribution in [0.25, 0.3) is 0 Å². The average molecular weight is 148 g/mol. The predicted molar refractivity (Wildman–Crippen MR) is 29.4 cm³/mol. The van der Waals surface area contributed by atoms with Crippen molar-refractivity contribution in [1.82, 2.24) is 0 Å². The van der Waals surface area contributed by atoms with Gasteiger partial charge in [0.2, 0.25) is 0 Å². The molecule has 0 N–H and O–H groups in total. The number of hydrogen-bond acceptors (Lipinski definition) is 4. The van der Waals surface area contributed by atoms with E-state index in [-0.39, 0.29) is 5.95 Å². The molecule has 1 aliphatic rings. The summed E-state index contributed by atoms with van der Waals surface area (Å²) in [7, 11) is -3.67. The lowest BCUT2D eigenvalue weighted by Gasteiger charge is -2.16. The van der Waals surface area contributed by atoms with Crippen molar-refractivity contribution in [3.63, 3.8) is 0 Å². The SMILES string of the molecule is C=CC=C1OS(=O)(=O)O1. The minimum atomic E-state index is -3.67. The van der Waals surface area contributed by atoms with Crippen LogP contribution in [0.4, 0.5) is 0 Å². The minimum Gasteiger partial charge on any atom is -0.315 e. The first-order valence-electron chi connectivity index (χ1n) is 2.11. The summed E-state index contributed by atoms with van der Waals surface area (Å²) >= 11 is 0. The molecule has 1 aliphatic heterocycles. The summed E-state index contributed by atoms with van der Waals surface area (Å²) in [6, 6.07) is 0. The fraction of sp³-hybridized carbons (Fsp3) is 0. The van der Waals surface area contributed by atoms with Crippen molar-refractivity contribution in [3.8, 4) is 0 Å². The third-order valence-electron chi connectivity index (χ3n) is 0.622. The standard InChI is InChI=1S/C4H4O4S/c1-2-3-4-7-9(5,6)8-4/h2-3H,1H2. The summed E-state index contributed by atoms with van der Waals surface area (Å²) in [5.41, 5.74) is 0. The van der Waals surface area contributed by atoms with Crippen LogP contribution in [0.2, 0.25) is 0 Å². The molecule has 50 valence electrons. The van der Waals surface area contributed by atoms with Crippen LogP contribution in [-0.2, 0) is 18.8 Å². The van der Waals surface area contributed by atoms with Crippen molar-refractivity contribution in [2.45, 2.75) is 0 Å². The van der Waals surface area contributed by atoms with Gasteiger partial charge in [-0.3, -0.25) is 0 Å². The summed E-state index contributed by atoms with van der Waals surface area (Å²) in [5.74, 6) is -0.0370. The first-order valence-corrected chi connectivity index (χ1v) is 3.44. The predicted octanol–water partition coefficient (Wildman–Crippen LogP) is 0.305. The maximum Gasteiger partial charge on any atom is 0.506 e. The van der Waals surface area contributed by atoms with Gasteiger partial charge in [-0.1, -0.05) is 12.7 Å². The molecular weight excluding hydrogens is 144 g/mol. The second-order valence-electron chi connectivity index (χ2n) is 1.30. The van der Waals surface area contributed by atoms with Gasteiger partial charge in [-0.2, -0.15) is 0 Å². The van der Waals surface area contributed by atoms with E-state index in [2.05, 4.69) is 14.9 Å². The molecule has 0 bridgehead atoms. The largest absolute Gasteiger partial charge is 0.506 e. The van der Waals surface area contributed by atoms with Gasteiger partial charge in [0, 0.05) is 6.08 Å². The van der Waals surface area contributed by atoms with Gasteiger partial charge in [0.25, 0.3) is 0 Å². The third kappa shape index (κ3) is 1.23. The molecule has 0 aromatic rings. The Labute approximate surface area is 52.7 Å². The molecular formula is C4H4O4S. The van der Waals surface area contributed by atoms with E-state index in [9.17, 15) is 8.42 Å². The Hall–Kier alpha value is -0.970. The Balaban J connectivity index is 2.64. The zero-order valence-electron chi connectivity index (χ0n) is 4.40. The second kappa shape index (κ2) is 1.77. The topological polar surface area (TPSA) is 52.6 Å². The zero-order chi connectivity index (χ0) is 6.91. The number of rotatable bonds is 1. The third-order valence-corrected chi connectivity index (χ3v) is 1.36. The van der Waals surface area contributed by atoms with Crippen molar-refractivity contribution < 1.29 is 16.8 Å². The molecule has 1 fully saturated rings. The Morgan fingerprint density at radius 3 is 2.33 bits per heavy atom. The smallest absolute Gasteiger partial charge is 0.315 e. The lowest BCUT2D eigenvalue weighted by molar-refractivity contribution is 0.119. The first-order chi connectivity index (χ1) is 4.14. The quantitative estimate of drug-likeness (QED) is 0.536. The van der Waals surface area contributed by atoms with Crippen molar-refractivity contribution >= 4 is 10.4 Å². The molecule has 0 aromatic heterocycles. The van der Waals surface area contributed by atoms with Crippen LogP contribution in [0.1, 0.15) is 0 Å². The molecule has 0 atom stereocenters. The maximum atomic E-state index is 10.1. The van der Waals surface area contributed by atoms with Gasteiger partial charge >= 0.3 is 16.3 Å². The Kier molecular flexibility index (Phi) is 1.21. The molecule has 1 saturated heterocycles. The van der Waals surface area contributed by atoms with Crippen LogP contribution in [0.5, 0.6) is 0 Å². The lowest BCUT2D eigenvalue weighted by atomic mass is 10.6. The fourth-order valence-electron chi connectivity index (χ4n) is 0.359. The molecule has 0 saturated carbocycles. The Morgan fingerprint density at radius 2 is 2.00 bits per heavy atom. The Bertz CT molecular complexity index is 234. The van der Waals surface area contributed by atoms with Crippen LogP contribution in [0.3, 0.4) is 0 Å². The van der Waals surface area contributed by atoms with Crippen molar-refractivity contribution in [2.75, 3.05) is 0 Å². The highest BCUT2D eigenvalue weighted by Crippen LogP contribution is 2.21. The van der Waals surface area contributed by atoms with E-state index in [0.717, 1.165) is 0 Å². The molecule has 1 rings (SSSR count). The fourth-order valence-corrected chi connectivity index (χ4v) is 0.885. The minimum absolute atomic E-state index is 0.0370. The Morgan fingerprint density at radius 1 is 1.44 bits per heavy atom. The highest BCUT2D eigenvalue weighted by molar-refractivity contribution is 7.83. The molecule has 9 heavy (non-hydrogen) atoms. The highest BCUT2D eigenvalue weighted by atomic mass is 32.3. The second-order valence-corrected chi connectivity index (χ2v) is 2.45. The summed E-state index contributed by atoms with van der Waals surface area (Å²) < 4.78 is 28.3. The van der Waals surface area contributed by atoms with Crippen LogP contribution in [-0.4, -0.2) is 8.42 Å². The summed E-state index contributed by atoms with van der Waals surface area (Å²) in [6.45, 7) is 3.30. The van der Waals surface area contributed by atoms with E-state index in [0.29, 0.717) is 0 Å². The van der Waals surface area contributed by atoms with E-state index in [4.69, 9.17) is 0 Å². The highest BCUT2D eigenvalue weighted by Gasteiger charge is 2.30. The first kappa shape index (κ1) is 6.15. The molecule has 0 aromatic carbocycles. The summed E-state index contributed by atoms with van der Waals surface area (Å²) in [5, 5.41) is 0. The van der Waals surface area contributed by atoms with Gasteiger partial charge in [-0.25, -0.2) is 0 Å². The summed E-state index contributed by atoms with van der Waals surface area (Å²) in [6.07, 6.45) is 2.67. The monoisotopic (exact) mass is 148 g/mol. The van der Waals surface area contributed by atoms with Crippen LogP contribution < -0.4 is 0 Å². The number of allylic oxidation sites excluding steroid dienone is 2. The van der Waals surface area contributed by atoms with Gasteiger partial charge in [-0.15, -0.1) is 8.42 Å². The van der Waals surface area contributed by atoms with E-state index in [1.54, 1.807) is 0 Å². The lowest BCUT2D eigenvalue weighted by Crippen LogP contribution is -2.21. The van der Waals surface area contributed by atoms with Gasteiger partial charge in [-0.05, 0) is 0 Å². The molecule has 0 aliphatic carbocycles. The maximum absolute atomic E-state index is 10.1. The van der Waals surface area contributed by atoms with Gasteiger partial charge in [0.05, 0.1) is 0 Å². The van der Waals surface area contributed by atoms with Crippen molar-refractivity contribution in [1.29, 1.82) is 0 Å². The van der Waals surface area contributed by atoms with Crippen molar-refractivity contribution in [3.05, 3.63) is 24.7 Å². The van der Waals surface area contributed by atoms with Gasteiger partial charge in [0.1, 0.15) is 0 Å². The van der Waals surface area contributed by atoms with Gasteiger partial charge in [0.15, 0.2) is 0 Å². The van der Waals surface area contributed by atoms with E-state index in [1.165, 1.54) is 12.2 Å². The molecule has 0 spiro atoms. The molecule has 4 nitrogen and oxygen atoms in total. The van der Waals surface area contributed by atoms with E-state index < -0.39 is 10.4 Å². The average Bonchev–Trinajstić information content (AvgIpc) is 1.62. The normalized spacial score (nSPS) is 20.7. The molecule has 1 heterocycles. The zero-order valence-corrected chi connectivity index (χ0v) is 5.22. The van der Waals surface area contributed by atoms with Gasteiger partial charge < -0.3 is 8.37 Å². The van der Waals surface area contributed by atoms with Crippen molar-refractivity contribution in [2.24, 2.45) is 0 Å². The van der Waals surface area contributed by atoms with Crippen LogP contribution >= 0.6 is 0 Å². The molecule has 0 unspecified atom stereocenters. The van der Waals surface area contributed by atoms with Crippen LogP contribution in [0.15, 0.2) is 24.7 Å².